The van der Waals surface area contributed by atoms with Crippen molar-refractivity contribution in [3.05, 3.63) is 72.1 Å². The number of carbonyl (C=O) groups excluding carboxylic acids is 2. The topological polar surface area (TPSA) is 96.8 Å². The summed E-state index contributed by atoms with van der Waals surface area (Å²) >= 11 is 0. The maximum absolute atomic E-state index is 13.6. The van der Waals surface area contributed by atoms with E-state index in [0.29, 0.717) is 24.3 Å². The third-order valence-corrected chi connectivity index (χ3v) is 6.44. The van der Waals surface area contributed by atoms with Crippen LogP contribution < -0.4 is 9.47 Å². The van der Waals surface area contributed by atoms with Crippen LogP contribution in [0.5, 0.6) is 11.5 Å². The largest absolute Gasteiger partial charge is 0.423 e. The highest BCUT2D eigenvalue weighted by Gasteiger charge is 2.23. The molecule has 226 valence electrons. The van der Waals surface area contributed by atoms with E-state index in [4.69, 9.17) is 18.9 Å². The van der Waals surface area contributed by atoms with Gasteiger partial charge in [-0.1, -0.05) is 63.4 Å². The molecule has 0 bridgehead atoms. The summed E-state index contributed by atoms with van der Waals surface area (Å²) in [5.74, 6) is -1.72. The quantitative estimate of drug-likeness (QED) is 0.0948. The summed E-state index contributed by atoms with van der Waals surface area (Å²) in [5.41, 5.74) is 1.01. The molecule has 2 atom stereocenters. The Bertz CT molecular complexity index is 1250. The Kier molecular flexibility index (Phi) is 13.5. The number of aromatic nitrogens is 2. The number of ether oxygens (including phenoxy) is 4. The fourth-order valence-corrected chi connectivity index (χ4v) is 3.96. The summed E-state index contributed by atoms with van der Waals surface area (Å²) < 4.78 is 49.0. The normalized spacial score (nSPS) is 12.6. The summed E-state index contributed by atoms with van der Waals surface area (Å²) in [6.45, 7) is 6.53. The zero-order valence-electron chi connectivity index (χ0n) is 24.3. The number of halogens is 2. The number of hydrogen-bond donors (Lipinski definition) is 0. The Hall–Kier alpha value is -3.76. The van der Waals surface area contributed by atoms with Crippen molar-refractivity contribution in [2.45, 2.75) is 71.3 Å². The molecule has 0 N–H and O–H groups in total. The zero-order chi connectivity index (χ0) is 30.3. The van der Waals surface area contributed by atoms with Crippen LogP contribution in [0.4, 0.5) is 8.78 Å². The van der Waals surface area contributed by atoms with Crippen LogP contribution >= 0.6 is 0 Å². The van der Waals surface area contributed by atoms with Crippen molar-refractivity contribution in [2.24, 2.45) is 0 Å². The van der Waals surface area contributed by atoms with Gasteiger partial charge in [-0.2, -0.15) is 0 Å². The molecule has 0 aliphatic rings. The van der Waals surface area contributed by atoms with Crippen LogP contribution in [0.3, 0.4) is 0 Å². The number of benzene rings is 2. The predicted octanol–water partition coefficient (Wildman–Crippen LogP) is 7.03. The number of rotatable bonds is 17. The van der Waals surface area contributed by atoms with Crippen LogP contribution in [0.25, 0.3) is 11.4 Å². The van der Waals surface area contributed by atoms with Crippen molar-refractivity contribution < 1.29 is 37.3 Å². The molecule has 0 fully saturated rings. The first kappa shape index (κ1) is 32.8. The lowest BCUT2D eigenvalue weighted by Crippen LogP contribution is -2.26. The van der Waals surface area contributed by atoms with Crippen LogP contribution in [0.1, 0.15) is 74.7 Å². The predicted molar refractivity (Wildman–Crippen MR) is 154 cm³/mol. The Labute approximate surface area is 245 Å². The molecule has 2 aromatic carbocycles. The second-order valence-electron chi connectivity index (χ2n) is 9.76. The molecule has 0 spiro atoms. The van der Waals surface area contributed by atoms with E-state index in [1.54, 1.807) is 31.2 Å². The molecule has 0 saturated heterocycles. The third-order valence-electron chi connectivity index (χ3n) is 6.44. The minimum absolute atomic E-state index is 0.0893. The summed E-state index contributed by atoms with van der Waals surface area (Å²) in [6, 6.07) is 12.6. The number of unbranched alkanes of at least 4 members (excludes halogenated alkanes) is 3. The molecule has 42 heavy (non-hydrogen) atoms. The van der Waals surface area contributed by atoms with E-state index in [0.717, 1.165) is 32.1 Å². The first-order valence-corrected chi connectivity index (χ1v) is 14.3. The van der Waals surface area contributed by atoms with Gasteiger partial charge in [0.1, 0.15) is 5.75 Å². The van der Waals surface area contributed by atoms with E-state index in [1.807, 2.05) is 6.92 Å². The molecule has 3 rings (SSSR count). The average molecular weight is 585 g/mol. The lowest BCUT2D eigenvalue weighted by molar-refractivity contribution is -0.146. The highest BCUT2D eigenvalue weighted by Crippen LogP contribution is 2.27. The molecular weight excluding hydrogens is 546 g/mol. The fourth-order valence-electron chi connectivity index (χ4n) is 3.96. The van der Waals surface area contributed by atoms with Crippen LogP contribution in [0.2, 0.25) is 0 Å². The van der Waals surface area contributed by atoms with E-state index in [-0.39, 0.29) is 29.5 Å². The second kappa shape index (κ2) is 17.3. The number of hydrogen-bond acceptors (Lipinski definition) is 8. The highest BCUT2D eigenvalue weighted by atomic mass is 19.3. The Balaban J connectivity index is 1.64. The smallest absolute Gasteiger partial charge is 0.344 e. The molecule has 8 nitrogen and oxygen atoms in total. The average Bonchev–Trinajstić information content (AvgIpc) is 3.00. The SMILES string of the molecule is CCCCCO[C@H](C)C(=O)Oc1cnc(-c2ccccc2C(=O)Oc2ccc([C@H](COCCCC)C(F)F)cc2)nc1. The van der Waals surface area contributed by atoms with Crippen molar-refractivity contribution in [1.29, 1.82) is 0 Å². The summed E-state index contributed by atoms with van der Waals surface area (Å²) in [7, 11) is 0. The van der Waals surface area contributed by atoms with Gasteiger partial charge < -0.3 is 18.9 Å². The molecule has 0 aliphatic heterocycles. The van der Waals surface area contributed by atoms with Gasteiger partial charge in [0.25, 0.3) is 0 Å². The van der Waals surface area contributed by atoms with Crippen molar-refractivity contribution >= 4 is 11.9 Å². The van der Waals surface area contributed by atoms with E-state index < -0.39 is 30.4 Å². The molecule has 3 aromatic rings. The van der Waals surface area contributed by atoms with Gasteiger partial charge in [0.15, 0.2) is 17.7 Å². The molecule has 0 aliphatic carbocycles. The molecule has 1 heterocycles. The van der Waals surface area contributed by atoms with E-state index in [9.17, 15) is 18.4 Å². The first-order valence-electron chi connectivity index (χ1n) is 14.3. The van der Waals surface area contributed by atoms with Crippen molar-refractivity contribution in [3.8, 4) is 22.9 Å². The van der Waals surface area contributed by atoms with Gasteiger partial charge in [-0.25, -0.2) is 28.3 Å². The third kappa shape index (κ3) is 9.95. The number of carbonyl (C=O) groups is 2. The Morgan fingerprint density at radius 2 is 1.52 bits per heavy atom. The number of esters is 2. The van der Waals surface area contributed by atoms with E-state index in [2.05, 4.69) is 16.9 Å². The number of nitrogens with zero attached hydrogens (tertiary/aromatic N) is 2. The van der Waals surface area contributed by atoms with Gasteiger partial charge in [-0.3, -0.25) is 0 Å². The van der Waals surface area contributed by atoms with Gasteiger partial charge in [0, 0.05) is 18.8 Å². The monoisotopic (exact) mass is 584 g/mol. The molecular formula is C32H38F2N2O6. The second-order valence-corrected chi connectivity index (χ2v) is 9.76. The van der Waals surface area contributed by atoms with Gasteiger partial charge in [0.05, 0.1) is 30.5 Å². The molecule has 1 aromatic heterocycles. The number of alkyl halides is 2. The zero-order valence-corrected chi connectivity index (χ0v) is 24.3. The lowest BCUT2D eigenvalue weighted by atomic mass is 10.0. The van der Waals surface area contributed by atoms with Gasteiger partial charge in [-0.05, 0) is 43.5 Å². The van der Waals surface area contributed by atoms with Gasteiger partial charge >= 0.3 is 11.9 Å². The standard InChI is InChI=1S/C32H38F2N2O6/c1-4-6-10-18-40-22(3)31(37)42-25-19-35-30(36-20-25)26-11-8-9-12-27(26)32(38)41-24-15-13-23(14-16-24)28(29(33)34)21-39-17-7-5-2/h8-9,11-16,19-20,22,28-29H,4-7,10,17-18,21H2,1-3H3/t22-,28+/m1/s1. The maximum atomic E-state index is 13.6. The van der Waals surface area contributed by atoms with Crippen LogP contribution in [0, 0.1) is 0 Å². The molecule has 10 heteroatoms. The lowest BCUT2D eigenvalue weighted by Gasteiger charge is -2.17. The van der Waals surface area contributed by atoms with Crippen LogP contribution in [-0.2, 0) is 14.3 Å². The van der Waals surface area contributed by atoms with Crippen LogP contribution in [-0.4, -0.2) is 54.3 Å². The Morgan fingerprint density at radius 1 is 0.833 bits per heavy atom. The minimum atomic E-state index is -2.59. The molecule has 0 unspecified atom stereocenters. The minimum Gasteiger partial charge on any atom is -0.423 e. The first-order chi connectivity index (χ1) is 20.3. The van der Waals surface area contributed by atoms with E-state index in [1.165, 1.54) is 36.7 Å². The summed E-state index contributed by atoms with van der Waals surface area (Å²) in [4.78, 5) is 33.9. The fraction of sp³-hybridized carbons (Fsp3) is 0.438. The van der Waals surface area contributed by atoms with Gasteiger partial charge in [-0.15, -0.1) is 0 Å². The highest BCUT2D eigenvalue weighted by molar-refractivity contribution is 5.97. The molecule has 0 amide bonds. The maximum Gasteiger partial charge on any atom is 0.344 e. The summed E-state index contributed by atoms with van der Waals surface area (Å²) in [6.07, 6.45) is 4.04. The van der Waals surface area contributed by atoms with Crippen molar-refractivity contribution in [3.63, 3.8) is 0 Å². The van der Waals surface area contributed by atoms with Crippen LogP contribution in [0.15, 0.2) is 60.9 Å². The van der Waals surface area contributed by atoms with E-state index >= 15 is 0 Å². The summed E-state index contributed by atoms with van der Waals surface area (Å²) in [5, 5.41) is 0. The Morgan fingerprint density at radius 3 is 2.19 bits per heavy atom. The molecule has 0 radical (unpaired) electrons. The van der Waals surface area contributed by atoms with Crippen molar-refractivity contribution in [1.82, 2.24) is 9.97 Å². The molecule has 0 saturated carbocycles. The van der Waals surface area contributed by atoms with Crippen molar-refractivity contribution in [2.75, 3.05) is 19.8 Å². The van der Waals surface area contributed by atoms with Gasteiger partial charge in [0.2, 0.25) is 6.43 Å².